The van der Waals surface area contributed by atoms with Crippen LogP contribution in [0.1, 0.15) is 0 Å². The number of hydrogen-bond donors (Lipinski definition) is 2. The molecule has 2 aromatic rings. The zero-order valence-corrected chi connectivity index (χ0v) is 10.9. The first-order chi connectivity index (χ1) is 8.20. The fourth-order valence-electron chi connectivity index (χ4n) is 1.38. The standard InChI is InChI=1S/C12H12BrN3O/c1-17-12-9(14)6-7-11(16-12)15-10-5-3-2-4-8(10)13/h2-7H,14H2,1H3,(H,15,16). The molecule has 0 unspecified atom stereocenters. The number of nitrogen functional groups attached to an aromatic ring is 1. The van der Waals surface area contributed by atoms with E-state index in [1.54, 1.807) is 19.2 Å². The van der Waals surface area contributed by atoms with E-state index in [2.05, 4.69) is 26.2 Å². The van der Waals surface area contributed by atoms with Crippen LogP contribution in [-0.4, -0.2) is 12.1 Å². The molecule has 0 atom stereocenters. The molecule has 5 heteroatoms. The molecule has 0 fully saturated rings. The Morgan fingerprint density at radius 3 is 2.71 bits per heavy atom. The number of methoxy groups -OCH3 is 1. The molecule has 0 aliphatic heterocycles. The van der Waals surface area contributed by atoms with E-state index in [0.717, 1.165) is 10.2 Å². The third kappa shape index (κ3) is 2.68. The van der Waals surface area contributed by atoms with Gasteiger partial charge in [0.1, 0.15) is 5.82 Å². The summed E-state index contributed by atoms with van der Waals surface area (Å²) in [7, 11) is 1.54. The maximum atomic E-state index is 5.70. The average molecular weight is 294 g/mol. The van der Waals surface area contributed by atoms with Crippen LogP contribution < -0.4 is 15.8 Å². The molecule has 0 saturated carbocycles. The molecule has 1 aromatic carbocycles. The number of pyridine rings is 1. The molecule has 0 aliphatic rings. The summed E-state index contributed by atoms with van der Waals surface area (Å²) in [5.41, 5.74) is 7.15. The van der Waals surface area contributed by atoms with Crippen molar-refractivity contribution in [3.63, 3.8) is 0 Å². The van der Waals surface area contributed by atoms with Gasteiger partial charge in [-0.3, -0.25) is 0 Å². The summed E-state index contributed by atoms with van der Waals surface area (Å²) in [5.74, 6) is 1.10. The third-order valence-corrected chi connectivity index (χ3v) is 2.91. The highest BCUT2D eigenvalue weighted by Crippen LogP contribution is 2.27. The Balaban J connectivity index is 2.28. The molecule has 0 saturated heterocycles. The lowest BCUT2D eigenvalue weighted by Crippen LogP contribution is -1.99. The van der Waals surface area contributed by atoms with Crippen LogP contribution in [0.15, 0.2) is 40.9 Å². The summed E-state index contributed by atoms with van der Waals surface area (Å²) in [5, 5.41) is 3.18. The van der Waals surface area contributed by atoms with Gasteiger partial charge in [-0.25, -0.2) is 0 Å². The molecule has 0 bridgehead atoms. The molecule has 88 valence electrons. The van der Waals surface area contributed by atoms with E-state index in [4.69, 9.17) is 10.5 Å². The zero-order chi connectivity index (χ0) is 12.3. The molecule has 0 spiro atoms. The number of halogens is 1. The summed E-state index contributed by atoms with van der Waals surface area (Å²) < 4.78 is 6.04. The average Bonchev–Trinajstić information content (AvgIpc) is 2.34. The van der Waals surface area contributed by atoms with Gasteiger partial charge in [0.25, 0.3) is 0 Å². The highest BCUT2D eigenvalue weighted by atomic mass is 79.9. The predicted molar refractivity (Wildman–Crippen MR) is 72.6 cm³/mol. The first-order valence-corrected chi connectivity index (χ1v) is 5.82. The van der Waals surface area contributed by atoms with Crippen molar-refractivity contribution in [3.8, 4) is 5.88 Å². The van der Waals surface area contributed by atoms with E-state index in [1.165, 1.54) is 0 Å². The van der Waals surface area contributed by atoms with Crippen molar-refractivity contribution in [2.75, 3.05) is 18.2 Å². The minimum Gasteiger partial charge on any atom is -0.479 e. The van der Waals surface area contributed by atoms with Crippen LogP contribution >= 0.6 is 15.9 Å². The second-order valence-corrected chi connectivity index (χ2v) is 4.25. The molecule has 2 rings (SSSR count). The second-order valence-electron chi connectivity index (χ2n) is 3.40. The van der Waals surface area contributed by atoms with Gasteiger partial charge in [0.05, 0.1) is 18.5 Å². The van der Waals surface area contributed by atoms with E-state index in [0.29, 0.717) is 17.4 Å². The van der Waals surface area contributed by atoms with Crippen LogP contribution in [0.2, 0.25) is 0 Å². The van der Waals surface area contributed by atoms with Crippen LogP contribution in [0.5, 0.6) is 5.88 Å². The van der Waals surface area contributed by atoms with Gasteiger partial charge in [0.2, 0.25) is 5.88 Å². The van der Waals surface area contributed by atoms with Crippen LogP contribution in [0, 0.1) is 0 Å². The highest BCUT2D eigenvalue weighted by molar-refractivity contribution is 9.10. The van der Waals surface area contributed by atoms with E-state index in [1.807, 2.05) is 24.3 Å². The minimum atomic E-state index is 0.419. The van der Waals surface area contributed by atoms with Crippen molar-refractivity contribution in [3.05, 3.63) is 40.9 Å². The summed E-state index contributed by atoms with van der Waals surface area (Å²) in [6.45, 7) is 0. The highest BCUT2D eigenvalue weighted by Gasteiger charge is 2.04. The number of aromatic nitrogens is 1. The summed E-state index contributed by atoms with van der Waals surface area (Å²) in [4.78, 5) is 4.25. The molecule has 1 aromatic heterocycles. The molecule has 0 amide bonds. The number of nitrogens with zero attached hydrogens (tertiary/aromatic N) is 1. The molecule has 4 nitrogen and oxygen atoms in total. The van der Waals surface area contributed by atoms with Gasteiger partial charge in [-0.2, -0.15) is 4.98 Å². The number of benzene rings is 1. The van der Waals surface area contributed by atoms with Crippen molar-refractivity contribution in [2.24, 2.45) is 0 Å². The largest absolute Gasteiger partial charge is 0.479 e. The molecule has 0 aliphatic carbocycles. The molecular formula is C12H12BrN3O. The fraction of sp³-hybridized carbons (Fsp3) is 0.0833. The lowest BCUT2D eigenvalue weighted by Gasteiger charge is -2.09. The van der Waals surface area contributed by atoms with Crippen molar-refractivity contribution in [1.82, 2.24) is 4.98 Å². The molecule has 3 N–H and O–H groups in total. The van der Waals surface area contributed by atoms with Crippen LogP contribution in [-0.2, 0) is 0 Å². The number of nitrogens with two attached hydrogens (primary N) is 1. The number of hydrogen-bond acceptors (Lipinski definition) is 4. The fourth-order valence-corrected chi connectivity index (χ4v) is 1.77. The zero-order valence-electron chi connectivity index (χ0n) is 9.27. The topological polar surface area (TPSA) is 60.2 Å². The molecule has 0 radical (unpaired) electrons. The van der Waals surface area contributed by atoms with E-state index < -0.39 is 0 Å². The number of ether oxygens (including phenoxy) is 1. The van der Waals surface area contributed by atoms with E-state index in [9.17, 15) is 0 Å². The molecule has 1 heterocycles. The van der Waals surface area contributed by atoms with Crippen molar-refractivity contribution in [1.29, 1.82) is 0 Å². The second kappa shape index (κ2) is 5.05. The summed E-state index contributed by atoms with van der Waals surface area (Å²) in [6.07, 6.45) is 0. The first kappa shape index (κ1) is 11.7. The van der Waals surface area contributed by atoms with Gasteiger partial charge >= 0.3 is 0 Å². The maximum absolute atomic E-state index is 5.70. The van der Waals surface area contributed by atoms with E-state index in [-0.39, 0.29) is 0 Å². The summed E-state index contributed by atoms with van der Waals surface area (Å²) >= 11 is 3.46. The normalized spacial score (nSPS) is 10.0. The van der Waals surface area contributed by atoms with Crippen molar-refractivity contribution >= 4 is 33.1 Å². The minimum absolute atomic E-state index is 0.419. The Bertz CT molecular complexity index is 531. The first-order valence-electron chi connectivity index (χ1n) is 5.03. The predicted octanol–water partition coefficient (Wildman–Crippen LogP) is 3.18. The Labute approximate surface area is 108 Å². The van der Waals surface area contributed by atoms with Gasteiger partial charge in [0.15, 0.2) is 0 Å². The lowest BCUT2D eigenvalue weighted by atomic mass is 10.3. The van der Waals surface area contributed by atoms with Gasteiger partial charge in [-0.15, -0.1) is 0 Å². The quantitative estimate of drug-likeness (QED) is 0.912. The number of rotatable bonds is 3. The third-order valence-electron chi connectivity index (χ3n) is 2.22. The monoisotopic (exact) mass is 293 g/mol. The van der Waals surface area contributed by atoms with Crippen molar-refractivity contribution < 1.29 is 4.74 Å². The van der Waals surface area contributed by atoms with Crippen molar-refractivity contribution in [2.45, 2.75) is 0 Å². The van der Waals surface area contributed by atoms with Crippen LogP contribution in [0.4, 0.5) is 17.2 Å². The molecular weight excluding hydrogens is 282 g/mol. The number of anilines is 3. The summed E-state index contributed by atoms with van der Waals surface area (Å²) in [6, 6.07) is 11.4. The Morgan fingerprint density at radius 2 is 2.00 bits per heavy atom. The smallest absolute Gasteiger partial charge is 0.238 e. The Hall–Kier alpha value is -1.75. The Morgan fingerprint density at radius 1 is 1.24 bits per heavy atom. The van der Waals surface area contributed by atoms with Gasteiger partial charge in [-0.1, -0.05) is 12.1 Å². The van der Waals surface area contributed by atoms with Gasteiger partial charge < -0.3 is 15.8 Å². The number of para-hydroxylation sites is 1. The van der Waals surface area contributed by atoms with E-state index >= 15 is 0 Å². The molecule has 17 heavy (non-hydrogen) atoms. The maximum Gasteiger partial charge on any atom is 0.238 e. The lowest BCUT2D eigenvalue weighted by molar-refractivity contribution is 0.401. The SMILES string of the molecule is COc1nc(Nc2ccccc2Br)ccc1N. The number of nitrogens with one attached hydrogen (secondary N) is 1. The van der Waals surface area contributed by atoms with Crippen LogP contribution in [0.25, 0.3) is 0 Å². The van der Waals surface area contributed by atoms with Gasteiger partial charge in [-0.05, 0) is 40.2 Å². The Kier molecular flexibility index (Phi) is 3.49. The van der Waals surface area contributed by atoms with Crippen LogP contribution in [0.3, 0.4) is 0 Å². The van der Waals surface area contributed by atoms with Gasteiger partial charge in [0, 0.05) is 4.47 Å².